The number of nitrogens with one attached hydrogen (secondary N) is 1. The van der Waals surface area contributed by atoms with Gasteiger partial charge in [0.1, 0.15) is 11.3 Å². The van der Waals surface area contributed by atoms with E-state index in [1.807, 2.05) is 6.07 Å². The molecular weight excluding hydrogens is 273 g/mol. The molecule has 0 aliphatic heterocycles. The third-order valence-corrected chi connectivity index (χ3v) is 5.02. The van der Waals surface area contributed by atoms with Crippen molar-refractivity contribution in [3.05, 3.63) is 28.8 Å². The van der Waals surface area contributed by atoms with Gasteiger partial charge in [0.15, 0.2) is 4.77 Å². The van der Waals surface area contributed by atoms with Crippen molar-refractivity contribution in [2.24, 2.45) is 0 Å². The molecule has 2 aromatic rings. The van der Waals surface area contributed by atoms with Crippen molar-refractivity contribution >= 4 is 23.3 Å². The van der Waals surface area contributed by atoms with Crippen LogP contribution in [0.4, 0.5) is 4.39 Å². The summed E-state index contributed by atoms with van der Waals surface area (Å²) in [7, 11) is 4.26. The Morgan fingerprint density at radius 2 is 2.05 bits per heavy atom. The average molecular weight is 293 g/mol. The summed E-state index contributed by atoms with van der Waals surface area (Å²) in [5, 5.41) is 0. The van der Waals surface area contributed by atoms with E-state index in [1.165, 1.54) is 31.7 Å². The van der Waals surface area contributed by atoms with Crippen LogP contribution in [0, 0.1) is 10.6 Å². The lowest BCUT2D eigenvalue weighted by atomic mass is 9.96. The quantitative estimate of drug-likeness (QED) is 0.872. The van der Waals surface area contributed by atoms with Crippen molar-refractivity contribution in [1.82, 2.24) is 14.5 Å². The van der Waals surface area contributed by atoms with Crippen LogP contribution >= 0.6 is 12.2 Å². The van der Waals surface area contributed by atoms with Crippen molar-refractivity contribution in [2.45, 2.75) is 37.8 Å². The van der Waals surface area contributed by atoms with Gasteiger partial charge < -0.3 is 14.5 Å². The van der Waals surface area contributed by atoms with Gasteiger partial charge in [-0.2, -0.15) is 0 Å². The third kappa shape index (κ3) is 2.09. The SMILES string of the molecule is CN(C)C1(Cn2c(=S)[nH]c3c(F)cccc32)CCCC1. The molecule has 20 heavy (non-hydrogen) atoms. The lowest BCUT2D eigenvalue weighted by molar-refractivity contribution is 0.135. The minimum atomic E-state index is -0.238. The summed E-state index contributed by atoms with van der Waals surface area (Å²) in [6, 6.07) is 5.14. The fraction of sp³-hybridized carbons (Fsp3) is 0.533. The average Bonchev–Trinajstić information content (AvgIpc) is 2.99. The lowest BCUT2D eigenvalue weighted by Gasteiger charge is -2.36. The number of nitrogens with zero attached hydrogens (tertiary/aromatic N) is 2. The maximum Gasteiger partial charge on any atom is 0.178 e. The van der Waals surface area contributed by atoms with Gasteiger partial charge in [-0.15, -0.1) is 0 Å². The normalized spacial score (nSPS) is 18.2. The number of aromatic amines is 1. The number of halogens is 1. The minimum Gasteiger partial charge on any atom is -0.328 e. The van der Waals surface area contributed by atoms with E-state index in [0.717, 1.165) is 12.1 Å². The maximum atomic E-state index is 13.8. The Balaban J connectivity index is 2.09. The molecule has 0 spiro atoms. The molecule has 1 fully saturated rings. The number of H-pyrrole nitrogens is 1. The Kier molecular flexibility index (Phi) is 3.42. The van der Waals surface area contributed by atoms with Gasteiger partial charge in [0, 0.05) is 12.1 Å². The van der Waals surface area contributed by atoms with Crippen molar-refractivity contribution in [2.75, 3.05) is 14.1 Å². The predicted molar refractivity (Wildman–Crippen MR) is 82.0 cm³/mol. The topological polar surface area (TPSA) is 24.0 Å². The third-order valence-electron chi connectivity index (χ3n) is 4.69. The molecule has 1 heterocycles. The van der Waals surface area contributed by atoms with E-state index in [9.17, 15) is 4.39 Å². The minimum absolute atomic E-state index is 0.139. The van der Waals surface area contributed by atoms with Crippen LogP contribution in [0.15, 0.2) is 18.2 Å². The molecule has 3 rings (SSSR count). The van der Waals surface area contributed by atoms with Crippen molar-refractivity contribution in [3.63, 3.8) is 0 Å². The summed E-state index contributed by atoms with van der Waals surface area (Å²) >= 11 is 5.41. The second-order valence-electron chi connectivity index (χ2n) is 5.98. The molecular formula is C15H20FN3S. The van der Waals surface area contributed by atoms with Gasteiger partial charge >= 0.3 is 0 Å². The van der Waals surface area contributed by atoms with Gasteiger partial charge in [-0.05, 0) is 51.3 Å². The number of aromatic nitrogens is 2. The van der Waals surface area contributed by atoms with Crippen LogP contribution in [0.1, 0.15) is 25.7 Å². The molecule has 1 N–H and O–H groups in total. The molecule has 0 radical (unpaired) electrons. The van der Waals surface area contributed by atoms with Crippen LogP contribution in [-0.2, 0) is 6.54 Å². The second kappa shape index (κ2) is 4.97. The van der Waals surface area contributed by atoms with E-state index in [-0.39, 0.29) is 11.4 Å². The zero-order chi connectivity index (χ0) is 14.3. The van der Waals surface area contributed by atoms with E-state index in [1.54, 1.807) is 6.07 Å². The standard InChI is InChI=1S/C15H20FN3S/c1-18(2)15(8-3-4-9-15)10-19-12-7-5-6-11(16)13(12)17-14(19)20/h5-7H,3-4,8-10H2,1-2H3,(H,17,20). The molecule has 0 amide bonds. The van der Waals surface area contributed by atoms with E-state index < -0.39 is 0 Å². The Labute approximate surface area is 123 Å². The number of imidazole rings is 1. The van der Waals surface area contributed by atoms with Crippen LogP contribution in [0.2, 0.25) is 0 Å². The molecule has 5 heteroatoms. The number of benzene rings is 1. The highest BCUT2D eigenvalue weighted by Crippen LogP contribution is 2.36. The van der Waals surface area contributed by atoms with Crippen molar-refractivity contribution in [1.29, 1.82) is 0 Å². The molecule has 1 aliphatic carbocycles. The highest BCUT2D eigenvalue weighted by atomic mass is 32.1. The smallest absolute Gasteiger partial charge is 0.178 e. The molecule has 1 saturated carbocycles. The lowest BCUT2D eigenvalue weighted by Crippen LogP contribution is -2.45. The first kappa shape index (κ1) is 13.8. The molecule has 108 valence electrons. The summed E-state index contributed by atoms with van der Waals surface area (Å²) in [5.74, 6) is -0.238. The van der Waals surface area contributed by atoms with Crippen LogP contribution in [0.5, 0.6) is 0 Å². The fourth-order valence-electron chi connectivity index (χ4n) is 3.38. The number of rotatable bonds is 3. The molecule has 3 nitrogen and oxygen atoms in total. The molecule has 1 aromatic carbocycles. The predicted octanol–water partition coefficient (Wildman–Crippen LogP) is 3.71. The van der Waals surface area contributed by atoms with Gasteiger partial charge in [0.25, 0.3) is 0 Å². The van der Waals surface area contributed by atoms with Gasteiger partial charge in [-0.1, -0.05) is 18.9 Å². The number of likely N-dealkylation sites (N-methyl/N-ethyl adjacent to an activating group) is 1. The number of hydrogen-bond acceptors (Lipinski definition) is 2. The molecule has 1 aromatic heterocycles. The number of para-hydroxylation sites is 1. The number of hydrogen-bond donors (Lipinski definition) is 1. The van der Waals surface area contributed by atoms with E-state index >= 15 is 0 Å². The van der Waals surface area contributed by atoms with Gasteiger partial charge in [-0.25, -0.2) is 4.39 Å². The summed E-state index contributed by atoms with van der Waals surface area (Å²) in [5.41, 5.74) is 1.52. The Bertz CT molecular complexity index is 680. The molecule has 0 unspecified atom stereocenters. The Hall–Kier alpha value is -1.20. The first-order valence-corrected chi connectivity index (χ1v) is 7.49. The highest BCUT2D eigenvalue weighted by molar-refractivity contribution is 7.71. The zero-order valence-corrected chi connectivity index (χ0v) is 12.8. The van der Waals surface area contributed by atoms with Gasteiger partial charge in [0.05, 0.1) is 5.52 Å². The Morgan fingerprint density at radius 1 is 1.35 bits per heavy atom. The van der Waals surface area contributed by atoms with E-state index in [0.29, 0.717) is 10.3 Å². The van der Waals surface area contributed by atoms with Crippen LogP contribution < -0.4 is 0 Å². The monoisotopic (exact) mass is 293 g/mol. The summed E-state index contributed by atoms with van der Waals surface area (Å²) in [4.78, 5) is 5.32. The summed E-state index contributed by atoms with van der Waals surface area (Å²) in [6.07, 6.45) is 4.85. The van der Waals surface area contributed by atoms with E-state index in [4.69, 9.17) is 12.2 Å². The van der Waals surface area contributed by atoms with Gasteiger partial charge in [0.2, 0.25) is 0 Å². The van der Waals surface area contributed by atoms with Crippen LogP contribution in [-0.4, -0.2) is 34.1 Å². The number of fused-ring (bicyclic) bond motifs is 1. The second-order valence-corrected chi connectivity index (χ2v) is 6.36. The molecule has 0 saturated heterocycles. The largest absolute Gasteiger partial charge is 0.328 e. The molecule has 0 atom stereocenters. The van der Waals surface area contributed by atoms with Crippen LogP contribution in [0.25, 0.3) is 11.0 Å². The zero-order valence-electron chi connectivity index (χ0n) is 11.9. The van der Waals surface area contributed by atoms with Crippen molar-refractivity contribution in [3.8, 4) is 0 Å². The van der Waals surface area contributed by atoms with Gasteiger partial charge in [-0.3, -0.25) is 0 Å². The highest BCUT2D eigenvalue weighted by Gasteiger charge is 2.36. The first-order chi connectivity index (χ1) is 9.53. The summed E-state index contributed by atoms with van der Waals surface area (Å²) < 4.78 is 16.5. The molecule has 0 bridgehead atoms. The Morgan fingerprint density at radius 3 is 2.70 bits per heavy atom. The maximum absolute atomic E-state index is 13.8. The van der Waals surface area contributed by atoms with Crippen LogP contribution in [0.3, 0.4) is 0 Å². The summed E-state index contributed by atoms with van der Waals surface area (Å²) in [6.45, 7) is 0.822. The van der Waals surface area contributed by atoms with Crippen molar-refractivity contribution < 1.29 is 4.39 Å². The molecule has 1 aliphatic rings. The fourth-order valence-corrected chi connectivity index (χ4v) is 3.64. The first-order valence-electron chi connectivity index (χ1n) is 7.08. The van der Waals surface area contributed by atoms with E-state index in [2.05, 4.69) is 28.5 Å².